The van der Waals surface area contributed by atoms with Gasteiger partial charge in [-0.3, -0.25) is 0 Å². The van der Waals surface area contributed by atoms with E-state index in [2.05, 4.69) is 16.7 Å². The summed E-state index contributed by atoms with van der Waals surface area (Å²) in [5.41, 5.74) is 1.17. The minimum Gasteiger partial charge on any atom is -0.481 e. The third kappa shape index (κ3) is 5.96. The summed E-state index contributed by atoms with van der Waals surface area (Å²) < 4.78 is 16.4. The monoisotopic (exact) mass is 461 g/mol. The van der Waals surface area contributed by atoms with Gasteiger partial charge in [0.05, 0.1) is 0 Å². The van der Waals surface area contributed by atoms with Crippen molar-refractivity contribution in [3.63, 3.8) is 0 Å². The minimum atomic E-state index is -0.686. The lowest BCUT2D eigenvalue weighted by Crippen LogP contribution is -2.18. The van der Waals surface area contributed by atoms with Gasteiger partial charge < -0.3 is 19.0 Å². The zero-order valence-corrected chi connectivity index (χ0v) is 17.9. The van der Waals surface area contributed by atoms with Gasteiger partial charge in [-0.05, 0) is 48.0 Å². The molecule has 3 aromatic rings. The van der Waals surface area contributed by atoms with Gasteiger partial charge in [0.1, 0.15) is 20.9 Å². The van der Waals surface area contributed by atoms with Crippen LogP contribution in [0.1, 0.15) is 10.4 Å². The second-order valence-electron chi connectivity index (χ2n) is 5.59. The Hall–Kier alpha value is -3.08. The molecule has 154 valence electrons. The normalized spacial score (nSPS) is 10.1. The molecule has 0 aliphatic heterocycles. The van der Waals surface area contributed by atoms with Crippen molar-refractivity contribution in [2.75, 3.05) is 13.4 Å². The number of benzene rings is 2. The Morgan fingerprint density at radius 2 is 1.83 bits per heavy atom. The van der Waals surface area contributed by atoms with Gasteiger partial charge in [-0.1, -0.05) is 50.2 Å². The predicted molar refractivity (Wildman–Crippen MR) is 117 cm³/mol. The van der Waals surface area contributed by atoms with Crippen LogP contribution in [0.3, 0.4) is 0 Å². The van der Waals surface area contributed by atoms with E-state index in [1.807, 2.05) is 18.2 Å². The van der Waals surface area contributed by atoms with Crippen LogP contribution in [-0.2, 0) is 14.4 Å². The van der Waals surface area contributed by atoms with Gasteiger partial charge in [0.2, 0.25) is 0 Å². The molecular weight excluding hydrogens is 446 g/mol. The van der Waals surface area contributed by atoms with E-state index in [0.29, 0.717) is 5.75 Å². The highest BCUT2D eigenvalue weighted by Crippen LogP contribution is 2.30. The maximum atomic E-state index is 12.6. The average Bonchev–Trinajstić information content (AvgIpc) is 3.19. The first-order valence-electron chi connectivity index (χ1n) is 8.45. The quantitative estimate of drug-likeness (QED) is 0.0652. The SMILES string of the molecule is C=NOCOC(=O)COc1ccccc1C(=O)Oc1ccc(-c2cc(=S)ss2)cc1. The van der Waals surface area contributed by atoms with Gasteiger partial charge in [0.25, 0.3) is 6.79 Å². The average molecular weight is 462 g/mol. The Labute approximate surface area is 184 Å². The Balaban J connectivity index is 1.63. The Morgan fingerprint density at radius 1 is 1.07 bits per heavy atom. The lowest BCUT2D eigenvalue weighted by molar-refractivity contribution is -0.158. The maximum absolute atomic E-state index is 12.6. The van der Waals surface area contributed by atoms with Crippen LogP contribution in [0, 0.1) is 3.82 Å². The maximum Gasteiger partial charge on any atom is 0.347 e. The third-order valence-corrected chi connectivity index (χ3v) is 6.54. The van der Waals surface area contributed by atoms with Crippen LogP contribution in [0.25, 0.3) is 10.4 Å². The molecule has 0 unspecified atom stereocenters. The number of para-hydroxylation sites is 1. The van der Waals surface area contributed by atoms with Crippen molar-refractivity contribution in [1.82, 2.24) is 0 Å². The third-order valence-electron chi connectivity index (χ3n) is 3.63. The fourth-order valence-electron chi connectivity index (χ4n) is 2.29. The summed E-state index contributed by atoms with van der Waals surface area (Å²) in [7, 11) is 3.13. The molecule has 30 heavy (non-hydrogen) atoms. The van der Waals surface area contributed by atoms with Gasteiger partial charge in [-0.2, -0.15) is 0 Å². The molecule has 0 amide bonds. The van der Waals surface area contributed by atoms with E-state index in [-0.39, 0.29) is 18.1 Å². The number of carbonyl (C=O) groups is 2. The van der Waals surface area contributed by atoms with Crippen LogP contribution in [0.2, 0.25) is 0 Å². The molecule has 0 spiro atoms. The van der Waals surface area contributed by atoms with Crippen LogP contribution in [-0.4, -0.2) is 32.1 Å². The van der Waals surface area contributed by atoms with E-state index in [1.54, 1.807) is 46.7 Å². The molecule has 1 aromatic heterocycles. The van der Waals surface area contributed by atoms with E-state index in [9.17, 15) is 9.59 Å². The molecule has 0 bridgehead atoms. The number of oxime groups is 1. The molecule has 0 fully saturated rings. The largest absolute Gasteiger partial charge is 0.481 e. The molecule has 0 atom stereocenters. The highest BCUT2D eigenvalue weighted by atomic mass is 32.9. The number of hydrogen-bond donors (Lipinski definition) is 0. The van der Waals surface area contributed by atoms with Crippen LogP contribution in [0.4, 0.5) is 0 Å². The van der Waals surface area contributed by atoms with Gasteiger partial charge in [-0.15, -0.1) is 0 Å². The molecule has 0 N–H and O–H groups in total. The summed E-state index contributed by atoms with van der Waals surface area (Å²) >= 11 is 5.15. The summed E-state index contributed by atoms with van der Waals surface area (Å²) in [5, 5.41) is 3.09. The molecule has 10 heteroatoms. The van der Waals surface area contributed by atoms with Crippen LogP contribution in [0.5, 0.6) is 11.5 Å². The lowest BCUT2D eigenvalue weighted by atomic mass is 10.2. The minimum absolute atomic E-state index is 0.175. The van der Waals surface area contributed by atoms with Crippen molar-refractivity contribution < 1.29 is 28.6 Å². The summed E-state index contributed by atoms with van der Waals surface area (Å²) in [6.07, 6.45) is 0. The van der Waals surface area contributed by atoms with E-state index in [1.165, 1.54) is 10.3 Å². The summed E-state index contributed by atoms with van der Waals surface area (Å²) in [5.74, 6) is -0.728. The fourth-order valence-corrected chi connectivity index (χ4v) is 4.69. The number of esters is 2. The Bertz CT molecular complexity index is 1090. The number of rotatable bonds is 9. The molecule has 3 rings (SSSR count). The summed E-state index contributed by atoms with van der Waals surface area (Å²) in [4.78, 5) is 29.7. The van der Waals surface area contributed by atoms with Gasteiger partial charge >= 0.3 is 11.9 Å². The summed E-state index contributed by atoms with van der Waals surface area (Å²) in [6.45, 7) is 2.31. The summed E-state index contributed by atoms with van der Waals surface area (Å²) in [6, 6.07) is 15.5. The first-order valence-corrected chi connectivity index (χ1v) is 11.0. The highest BCUT2D eigenvalue weighted by molar-refractivity contribution is 7.80. The molecule has 0 saturated carbocycles. The van der Waals surface area contributed by atoms with Gasteiger partial charge in [0, 0.05) is 11.6 Å². The second-order valence-corrected chi connectivity index (χ2v) is 8.50. The van der Waals surface area contributed by atoms with E-state index < -0.39 is 18.5 Å². The molecule has 2 aromatic carbocycles. The van der Waals surface area contributed by atoms with Crippen molar-refractivity contribution in [1.29, 1.82) is 0 Å². The van der Waals surface area contributed by atoms with Crippen molar-refractivity contribution in [2.24, 2.45) is 5.16 Å². The first-order chi connectivity index (χ1) is 14.6. The van der Waals surface area contributed by atoms with E-state index in [4.69, 9.17) is 26.4 Å². The van der Waals surface area contributed by atoms with Crippen molar-refractivity contribution >= 4 is 51.6 Å². The first kappa shape index (κ1) is 21.6. The van der Waals surface area contributed by atoms with Crippen molar-refractivity contribution in [3.05, 3.63) is 64.0 Å². The lowest BCUT2D eigenvalue weighted by Gasteiger charge is -2.11. The standard InChI is InChI=1S/C20H15NO6S3/c1-21-26-12-25-18(22)11-24-16-5-3-2-4-15(16)20(23)27-14-8-6-13(7-9-14)17-10-19(28)30-29-17/h2-10H,1,11-12H2. The number of hydrogen-bond acceptors (Lipinski definition) is 10. The Kier molecular flexibility index (Phi) is 7.66. The Morgan fingerprint density at radius 3 is 2.53 bits per heavy atom. The van der Waals surface area contributed by atoms with Gasteiger partial charge in [-0.25, -0.2) is 9.59 Å². The van der Waals surface area contributed by atoms with Crippen LogP contribution in [0.15, 0.2) is 59.8 Å². The van der Waals surface area contributed by atoms with Crippen molar-refractivity contribution in [2.45, 2.75) is 0 Å². The highest BCUT2D eigenvalue weighted by Gasteiger charge is 2.16. The fraction of sp³-hybridized carbons (Fsp3) is 0.100. The predicted octanol–water partition coefficient (Wildman–Crippen LogP) is 4.94. The molecule has 0 aliphatic carbocycles. The zero-order chi connectivity index (χ0) is 21.3. The smallest absolute Gasteiger partial charge is 0.347 e. The van der Waals surface area contributed by atoms with Crippen molar-refractivity contribution in [3.8, 4) is 21.9 Å². The van der Waals surface area contributed by atoms with Crippen LogP contribution < -0.4 is 9.47 Å². The topological polar surface area (TPSA) is 83.4 Å². The molecule has 0 saturated heterocycles. The van der Waals surface area contributed by atoms with E-state index >= 15 is 0 Å². The number of nitrogens with zero attached hydrogens (tertiary/aromatic N) is 1. The van der Waals surface area contributed by atoms with E-state index in [0.717, 1.165) is 14.3 Å². The molecule has 7 nitrogen and oxygen atoms in total. The number of carbonyl (C=O) groups excluding carboxylic acids is 2. The number of ether oxygens (including phenoxy) is 3. The molecule has 0 aliphatic rings. The molecular formula is C20H15NO6S3. The zero-order valence-electron chi connectivity index (χ0n) is 15.4. The molecule has 0 radical (unpaired) electrons. The molecule has 1 heterocycles. The van der Waals surface area contributed by atoms with Gasteiger partial charge in [0.15, 0.2) is 6.61 Å². The van der Waals surface area contributed by atoms with Crippen LogP contribution >= 0.6 is 32.9 Å². The second kappa shape index (κ2) is 10.6.